The van der Waals surface area contributed by atoms with E-state index in [-0.39, 0.29) is 42.5 Å². The lowest BCUT2D eigenvalue weighted by Crippen LogP contribution is -2.47. The molecule has 0 saturated heterocycles. The first-order chi connectivity index (χ1) is 16.7. The Morgan fingerprint density at radius 2 is 2.06 bits per heavy atom. The standard InChI is InChI=1S/C23H32N6O5S/c1-17-13-28(18(2)15-30)23(31)5-4-10-29-20(12-25-26-29)16-34-22(17)14-27(3)35(32,33)21-8-6-19(11-24)7-9-21/h6-9,12,17-18,22,30H,4-5,10,13-16H2,1-3H3/t17-,18+,22+/m1/s1. The van der Waals surface area contributed by atoms with Crippen molar-refractivity contribution >= 4 is 15.9 Å². The van der Waals surface area contributed by atoms with Crippen LogP contribution in [0.3, 0.4) is 0 Å². The number of nitrogens with zero attached hydrogens (tertiary/aromatic N) is 6. The summed E-state index contributed by atoms with van der Waals surface area (Å²) in [4.78, 5) is 14.7. The fourth-order valence-electron chi connectivity index (χ4n) is 3.98. The molecule has 12 heteroatoms. The lowest BCUT2D eigenvalue weighted by Gasteiger charge is -2.35. The zero-order chi connectivity index (χ0) is 25.6. The lowest BCUT2D eigenvalue weighted by atomic mass is 10.0. The van der Waals surface area contributed by atoms with Crippen LogP contribution < -0.4 is 0 Å². The number of aliphatic hydroxyl groups is 1. The molecule has 0 saturated carbocycles. The van der Waals surface area contributed by atoms with E-state index >= 15 is 0 Å². The molecule has 2 aromatic rings. The van der Waals surface area contributed by atoms with E-state index in [1.54, 1.807) is 22.7 Å². The molecule has 2 heterocycles. The van der Waals surface area contributed by atoms with E-state index in [1.807, 2.05) is 13.0 Å². The third kappa shape index (κ3) is 6.43. The molecule has 0 fully saturated rings. The highest BCUT2D eigenvalue weighted by atomic mass is 32.2. The molecule has 3 rings (SSSR count). The monoisotopic (exact) mass is 504 g/mol. The molecule has 0 aliphatic carbocycles. The highest BCUT2D eigenvalue weighted by Crippen LogP contribution is 2.21. The van der Waals surface area contributed by atoms with Gasteiger partial charge in [-0.1, -0.05) is 12.1 Å². The van der Waals surface area contributed by atoms with Gasteiger partial charge in [0.25, 0.3) is 0 Å². The second-order valence-electron chi connectivity index (χ2n) is 8.88. The third-order valence-electron chi connectivity index (χ3n) is 6.27. The van der Waals surface area contributed by atoms with Gasteiger partial charge in [0, 0.05) is 39.0 Å². The molecule has 0 bridgehead atoms. The first kappa shape index (κ1) is 26.7. The van der Waals surface area contributed by atoms with E-state index in [0.717, 1.165) is 5.69 Å². The quantitative estimate of drug-likeness (QED) is 0.614. The van der Waals surface area contributed by atoms with Gasteiger partial charge in [-0.25, -0.2) is 13.1 Å². The minimum Gasteiger partial charge on any atom is -0.394 e. The number of carbonyl (C=O) groups is 1. The first-order valence-corrected chi connectivity index (χ1v) is 13.0. The molecular formula is C23H32N6O5S. The summed E-state index contributed by atoms with van der Waals surface area (Å²) in [6, 6.07) is 7.33. The number of ether oxygens (including phenoxy) is 1. The molecule has 0 radical (unpaired) electrons. The van der Waals surface area contributed by atoms with Crippen LogP contribution in [0.2, 0.25) is 0 Å². The highest BCUT2D eigenvalue weighted by molar-refractivity contribution is 7.89. The Kier molecular flexibility index (Phi) is 8.96. The van der Waals surface area contributed by atoms with Crippen LogP contribution in [0.4, 0.5) is 0 Å². The zero-order valence-corrected chi connectivity index (χ0v) is 21.1. The summed E-state index contributed by atoms with van der Waals surface area (Å²) in [6.07, 6.45) is 1.92. The molecule has 1 aliphatic rings. The number of aliphatic hydroxyl groups excluding tert-OH is 1. The van der Waals surface area contributed by atoms with Crippen molar-refractivity contribution in [3.63, 3.8) is 0 Å². The average Bonchev–Trinajstić information content (AvgIpc) is 3.30. The van der Waals surface area contributed by atoms with Gasteiger partial charge in [-0.05, 0) is 37.6 Å². The molecule has 190 valence electrons. The predicted octanol–water partition coefficient (Wildman–Crippen LogP) is 0.995. The number of likely N-dealkylation sites (N-methyl/N-ethyl adjacent to an activating group) is 1. The molecule has 1 aliphatic heterocycles. The van der Waals surface area contributed by atoms with Crippen LogP contribution >= 0.6 is 0 Å². The minimum absolute atomic E-state index is 0.0423. The minimum atomic E-state index is -3.84. The molecule has 1 N–H and O–H groups in total. The second kappa shape index (κ2) is 11.7. The number of benzene rings is 1. The van der Waals surface area contributed by atoms with Crippen molar-refractivity contribution in [3.8, 4) is 6.07 Å². The molecule has 11 nitrogen and oxygen atoms in total. The summed E-state index contributed by atoms with van der Waals surface area (Å²) >= 11 is 0. The number of nitriles is 1. The normalized spacial score (nSPS) is 21.0. The Labute approximate surface area is 205 Å². The summed E-state index contributed by atoms with van der Waals surface area (Å²) in [6.45, 7) is 4.55. The molecule has 0 spiro atoms. The number of fused-ring (bicyclic) bond motifs is 1. The van der Waals surface area contributed by atoms with Gasteiger partial charge in [0.2, 0.25) is 15.9 Å². The predicted molar refractivity (Wildman–Crippen MR) is 126 cm³/mol. The SMILES string of the molecule is C[C@@H]1CN([C@@H](C)CO)C(=O)CCCn2nncc2CO[C@H]1CN(C)S(=O)(=O)c1ccc(C#N)cc1. The summed E-state index contributed by atoms with van der Waals surface area (Å²) in [5, 5.41) is 26.7. The van der Waals surface area contributed by atoms with E-state index in [2.05, 4.69) is 10.3 Å². The van der Waals surface area contributed by atoms with Crippen molar-refractivity contribution < 1.29 is 23.1 Å². The Bertz CT molecular complexity index is 1140. The second-order valence-corrected chi connectivity index (χ2v) is 10.9. The number of rotatable bonds is 6. The Hall–Kier alpha value is -2.85. The van der Waals surface area contributed by atoms with Gasteiger partial charge in [0.05, 0.1) is 53.8 Å². The van der Waals surface area contributed by atoms with Crippen LogP contribution in [-0.4, -0.2) is 82.5 Å². The summed E-state index contributed by atoms with van der Waals surface area (Å²) in [5.41, 5.74) is 1.12. The molecule has 1 aromatic heterocycles. The Morgan fingerprint density at radius 3 is 2.71 bits per heavy atom. The molecule has 3 atom stereocenters. The summed E-state index contributed by atoms with van der Waals surface area (Å²) < 4.78 is 35.5. The maximum absolute atomic E-state index is 13.2. The van der Waals surface area contributed by atoms with E-state index in [0.29, 0.717) is 31.5 Å². The zero-order valence-electron chi connectivity index (χ0n) is 20.2. The van der Waals surface area contributed by atoms with Gasteiger partial charge in [0.1, 0.15) is 0 Å². The van der Waals surface area contributed by atoms with Gasteiger partial charge < -0.3 is 14.7 Å². The summed E-state index contributed by atoms with van der Waals surface area (Å²) in [5.74, 6) is -0.326. The Morgan fingerprint density at radius 1 is 1.34 bits per heavy atom. The van der Waals surface area contributed by atoms with Crippen LogP contribution in [0.1, 0.15) is 37.9 Å². The van der Waals surface area contributed by atoms with Crippen molar-refractivity contribution in [3.05, 3.63) is 41.7 Å². The number of sulfonamides is 1. The fraction of sp³-hybridized carbons (Fsp3) is 0.565. The van der Waals surface area contributed by atoms with Gasteiger partial charge in [-0.15, -0.1) is 5.10 Å². The van der Waals surface area contributed by atoms with Gasteiger partial charge in [-0.3, -0.25) is 4.79 Å². The molecule has 1 aromatic carbocycles. The third-order valence-corrected chi connectivity index (χ3v) is 8.11. The van der Waals surface area contributed by atoms with Crippen LogP contribution in [0.5, 0.6) is 0 Å². The fourth-order valence-corrected chi connectivity index (χ4v) is 5.16. The Balaban J connectivity index is 1.86. The number of aryl methyl sites for hydroxylation is 1. The topological polar surface area (TPSA) is 142 Å². The van der Waals surface area contributed by atoms with E-state index in [1.165, 1.54) is 35.6 Å². The van der Waals surface area contributed by atoms with Crippen molar-refractivity contribution in [2.24, 2.45) is 5.92 Å². The maximum atomic E-state index is 13.2. The average molecular weight is 505 g/mol. The summed E-state index contributed by atoms with van der Waals surface area (Å²) in [7, 11) is -2.36. The van der Waals surface area contributed by atoms with Crippen LogP contribution in [0, 0.1) is 17.2 Å². The van der Waals surface area contributed by atoms with Gasteiger partial charge >= 0.3 is 0 Å². The van der Waals surface area contributed by atoms with E-state index in [9.17, 15) is 18.3 Å². The largest absolute Gasteiger partial charge is 0.394 e. The number of carbonyl (C=O) groups excluding carboxylic acids is 1. The molecule has 1 amide bonds. The van der Waals surface area contributed by atoms with Crippen molar-refractivity contribution in [1.29, 1.82) is 5.26 Å². The van der Waals surface area contributed by atoms with Crippen LogP contribution in [0.15, 0.2) is 35.4 Å². The van der Waals surface area contributed by atoms with E-state index < -0.39 is 16.1 Å². The number of aromatic nitrogens is 3. The first-order valence-electron chi connectivity index (χ1n) is 11.5. The number of hydrogen-bond acceptors (Lipinski definition) is 8. The number of amides is 1. The van der Waals surface area contributed by atoms with Crippen LogP contribution in [-0.2, 0) is 32.7 Å². The van der Waals surface area contributed by atoms with Crippen molar-refractivity contribution in [2.75, 3.05) is 26.7 Å². The molecule has 35 heavy (non-hydrogen) atoms. The van der Waals surface area contributed by atoms with E-state index in [4.69, 9.17) is 10.00 Å². The van der Waals surface area contributed by atoms with Gasteiger partial charge in [0.15, 0.2) is 0 Å². The van der Waals surface area contributed by atoms with Crippen LogP contribution in [0.25, 0.3) is 0 Å². The smallest absolute Gasteiger partial charge is 0.242 e. The van der Waals surface area contributed by atoms with Crippen molar-refractivity contribution in [1.82, 2.24) is 24.2 Å². The molecule has 0 unspecified atom stereocenters. The lowest BCUT2D eigenvalue weighted by molar-refractivity contribution is -0.136. The van der Waals surface area contributed by atoms with Crippen molar-refractivity contribution in [2.45, 2.75) is 56.9 Å². The van der Waals surface area contributed by atoms with Gasteiger partial charge in [-0.2, -0.15) is 9.57 Å². The maximum Gasteiger partial charge on any atom is 0.242 e. The highest BCUT2D eigenvalue weighted by Gasteiger charge is 2.31. The number of hydrogen-bond donors (Lipinski definition) is 1. The molecular weight excluding hydrogens is 472 g/mol.